The van der Waals surface area contributed by atoms with E-state index in [9.17, 15) is 4.79 Å². The molecule has 2 nitrogen and oxygen atoms in total. The summed E-state index contributed by atoms with van der Waals surface area (Å²) < 4.78 is 0. The van der Waals surface area contributed by atoms with Crippen LogP contribution in [0.5, 0.6) is 0 Å². The van der Waals surface area contributed by atoms with Crippen molar-refractivity contribution in [3.8, 4) is 0 Å². The minimum atomic E-state index is 0.169. The van der Waals surface area contributed by atoms with Gasteiger partial charge in [0.2, 0.25) is 0 Å². The van der Waals surface area contributed by atoms with Crippen molar-refractivity contribution in [2.75, 3.05) is 12.8 Å². The van der Waals surface area contributed by atoms with Crippen LogP contribution in [0.3, 0.4) is 0 Å². The van der Waals surface area contributed by atoms with E-state index in [2.05, 4.69) is 0 Å². The van der Waals surface area contributed by atoms with Crippen LogP contribution in [-0.2, 0) is 4.79 Å². The third kappa shape index (κ3) is 3.82. The van der Waals surface area contributed by atoms with Crippen LogP contribution in [0.2, 0.25) is 0 Å². The summed E-state index contributed by atoms with van der Waals surface area (Å²) in [5.74, 6) is 0. The standard InChI is InChI=1S/C4H9NOS/c1-7-4(6)2-3-5/h2-3,5H2,1H3. The Labute approximate surface area is 47.5 Å². The number of thioether (sulfide) groups is 1. The van der Waals surface area contributed by atoms with Crippen LogP contribution in [0.1, 0.15) is 6.42 Å². The number of carbonyl (C=O) groups is 1. The van der Waals surface area contributed by atoms with Crippen LogP contribution in [-0.4, -0.2) is 17.9 Å². The molecule has 0 aromatic heterocycles. The molecule has 0 bridgehead atoms. The van der Waals surface area contributed by atoms with Crippen LogP contribution < -0.4 is 5.73 Å². The van der Waals surface area contributed by atoms with Gasteiger partial charge in [0.1, 0.15) is 0 Å². The van der Waals surface area contributed by atoms with Crippen molar-refractivity contribution in [1.82, 2.24) is 0 Å². The summed E-state index contributed by atoms with van der Waals surface area (Å²) in [6.07, 6.45) is 2.26. The Hall–Kier alpha value is -0.0200. The van der Waals surface area contributed by atoms with Gasteiger partial charge in [0, 0.05) is 13.0 Å². The maximum atomic E-state index is 10.3. The first-order valence-corrected chi connectivity index (χ1v) is 3.30. The topological polar surface area (TPSA) is 43.1 Å². The number of hydrogen-bond donors (Lipinski definition) is 1. The van der Waals surface area contributed by atoms with Gasteiger partial charge in [-0.05, 0) is 6.26 Å². The van der Waals surface area contributed by atoms with Crippen molar-refractivity contribution < 1.29 is 4.79 Å². The van der Waals surface area contributed by atoms with Gasteiger partial charge in [0.15, 0.2) is 5.12 Å². The van der Waals surface area contributed by atoms with Gasteiger partial charge < -0.3 is 5.73 Å². The van der Waals surface area contributed by atoms with E-state index in [4.69, 9.17) is 5.73 Å². The molecule has 0 aliphatic rings. The molecule has 0 aromatic rings. The lowest BCUT2D eigenvalue weighted by Crippen LogP contribution is -2.03. The number of hydrogen-bond acceptors (Lipinski definition) is 3. The third-order valence-electron chi connectivity index (χ3n) is 0.576. The van der Waals surface area contributed by atoms with Crippen LogP contribution in [0.25, 0.3) is 0 Å². The Morgan fingerprint density at radius 3 is 2.57 bits per heavy atom. The van der Waals surface area contributed by atoms with E-state index in [0.29, 0.717) is 13.0 Å². The van der Waals surface area contributed by atoms with Crippen LogP contribution in [0.15, 0.2) is 0 Å². The Morgan fingerprint density at radius 2 is 2.43 bits per heavy atom. The highest BCUT2D eigenvalue weighted by molar-refractivity contribution is 8.13. The second-order valence-corrected chi connectivity index (χ2v) is 1.98. The molecule has 0 radical (unpaired) electrons. The molecule has 0 saturated carbocycles. The SMILES string of the molecule is CSC(=O)CCN. The lowest BCUT2D eigenvalue weighted by atomic mass is 10.5. The Bertz CT molecular complexity index is 64.7. The van der Waals surface area contributed by atoms with Crippen LogP contribution in [0, 0.1) is 0 Å². The predicted octanol–water partition coefficient (Wildman–Crippen LogP) is 0.225. The van der Waals surface area contributed by atoms with E-state index in [1.54, 1.807) is 6.26 Å². The molecule has 0 heterocycles. The first-order chi connectivity index (χ1) is 3.31. The van der Waals surface area contributed by atoms with Gasteiger partial charge in [-0.25, -0.2) is 0 Å². The minimum Gasteiger partial charge on any atom is -0.330 e. The van der Waals surface area contributed by atoms with E-state index < -0.39 is 0 Å². The molecular formula is C4H9NOS. The monoisotopic (exact) mass is 119 g/mol. The molecule has 0 fully saturated rings. The molecule has 0 saturated heterocycles. The summed E-state index contributed by atoms with van der Waals surface area (Å²) in [5.41, 5.74) is 5.07. The van der Waals surface area contributed by atoms with E-state index in [1.165, 1.54) is 11.8 Å². The van der Waals surface area contributed by atoms with Crippen molar-refractivity contribution in [3.63, 3.8) is 0 Å². The molecule has 0 aliphatic heterocycles. The minimum absolute atomic E-state index is 0.169. The fraction of sp³-hybridized carbons (Fsp3) is 0.750. The summed E-state index contributed by atoms with van der Waals surface area (Å²) in [5, 5.41) is 0.169. The van der Waals surface area contributed by atoms with Gasteiger partial charge in [-0.3, -0.25) is 4.79 Å². The lowest BCUT2D eigenvalue weighted by molar-refractivity contribution is -0.110. The Morgan fingerprint density at radius 1 is 1.86 bits per heavy atom. The van der Waals surface area contributed by atoms with Crippen LogP contribution in [0.4, 0.5) is 0 Å². The highest BCUT2D eigenvalue weighted by Crippen LogP contribution is 1.95. The average molecular weight is 119 g/mol. The average Bonchev–Trinajstić information content (AvgIpc) is 1.68. The lowest BCUT2D eigenvalue weighted by Gasteiger charge is -1.87. The molecule has 42 valence electrons. The first kappa shape index (κ1) is 6.98. The molecule has 0 aromatic carbocycles. The molecule has 7 heavy (non-hydrogen) atoms. The van der Waals surface area contributed by atoms with Crippen molar-refractivity contribution in [2.24, 2.45) is 5.73 Å². The zero-order chi connectivity index (χ0) is 5.70. The van der Waals surface area contributed by atoms with E-state index in [0.717, 1.165) is 0 Å². The number of carbonyl (C=O) groups excluding carboxylic acids is 1. The normalized spacial score (nSPS) is 8.86. The quantitative estimate of drug-likeness (QED) is 0.565. The second-order valence-electron chi connectivity index (χ2n) is 1.11. The van der Waals surface area contributed by atoms with Gasteiger partial charge in [0.05, 0.1) is 0 Å². The zero-order valence-corrected chi connectivity index (χ0v) is 5.12. The molecule has 0 unspecified atom stereocenters. The zero-order valence-electron chi connectivity index (χ0n) is 4.31. The van der Waals surface area contributed by atoms with Crippen molar-refractivity contribution >= 4 is 16.9 Å². The molecule has 3 heteroatoms. The van der Waals surface area contributed by atoms with Gasteiger partial charge in [-0.2, -0.15) is 0 Å². The Balaban J connectivity index is 3.00. The van der Waals surface area contributed by atoms with Crippen molar-refractivity contribution in [2.45, 2.75) is 6.42 Å². The number of rotatable bonds is 2. The molecular weight excluding hydrogens is 110 g/mol. The summed E-state index contributed by atoms with van der Waals surface area (Å²) in [7, 11) is 0. The highest BCUT2D eigenvalue weighted by atomic mass is 32.2. The number of nitrogens with two attached hydrogens (primary N) is 1. The maximum absolute atomic E-state index is 10.3. The largest absolute Gasteiger partial charge is 0.330 e. The summed E-state index contributed by atoms with van der Waals surface area (Å²) in [4.78, 5) is 10.3. The second kappa shape index (κ2) is 4.15. The molecule has 0 atom stereocenters. The van der Waals surface area contributed by atoms with E-state index in [1.807, 2.05) is 0 Å². The van der Waals surface area contributed by atoms with Gasteiger partial charge in [-0.1, -0.05) is 11.8 Å². The Kier molecular flexibility index (Phi) is 4.14. The summed E-state index contributed by atoms with van der Waals surface area (Å²) in [6, 6.07) is 0. The van der Waals surface area contributed by atoms with E-state index in [-0.39, 0.29) is 5.12 Å². The van der Waals surface area contributed by atoms with Crippen molar-refractivity contribution in [1.29, 1.82) is 0 Å². The summed E-state index contributed by atoms with van der Waals surface area (Å²) >= 11 is 1.23. The van der Waals surface area contributed by atoms with Gasteiger partial charge in [-0.15, -0.1) is 0 Å². The molecule has 0 rings (SSSR count). The van der Waals surface area contributed by atoms with Crippen LogP contribution >= 0.6 is 11.8 Å². The molecule has 0 amide bonds. The van der Waals surface area contributed by atoms with Gasteiger partial charge >= 0.3 is 0 Å². The fourth-order valence-corrected chi connectivity index (χ4v) is 0.542. The smallest absolute Gasteiger partial charge is 0.189 e. The predicted molar refractivity (Wildman–Crippen MR) is 32.2 cm³/mol. The van der Waals surface area contributed by atoms with E-state index >= 15 is 0 Å². The van der Waals surface area contributed by atoms with Crippen molar-refractivity contribution in [3.05, 3.63) is 0 Å². The molecule has 2 N–H and O–H groups in total. The molecule has 0 spiro atoms. The first-order valence-electron chi connectivity index (χ1n) is 2.08. The third-order valence-corrected chi connectivity index (χ3v) is 1.24. The maximum Gasteiger partial charge on any atom is 0.189 e. The fourth-order valence-electron chi connectivity index (χ4n) is 0.220. The summed E-state index contributed by atoms with van der Waals surface area (Å²) in [6.45, 7) is 0.472. The van der Waals surface area contributed by atoms with Gasteiger partial charge in [0.25, 0.3) is 0 Å². The highest BCUT2D eigenvalue weighted by Gasteiger charge is 1.92. The molecule has 0 aliphatic carbocycles.